The topological polar surface area (TPSA) is 522 Å². The summed E-state index contributed by atoms with van der Waals surface area (Å²) in [6.07, 6.45) is 2.06. The molecule has 0 spiro atoms. The van der Waals surface area contributed by atoms with Gasteiger partial charge in [-0.1, -0.05) is 24.3 Å². The average Bonchev–Trinajstić information content (AvgIpc) is 3.35. The van der Waals surface area contributed by atoms with Gasteiger partial charge in [-0.25, -0.2) is 4.21 Å². The van der Waals surface area contributed by atoms with Gasteiger partial charge in [0.1, 0.15) is 14.7 Å². The van der Waals surface area contributed by atoms with Crippen molar-refractivity contribution in [3.63, 3.8) is 0 Å². The minimum Gasteiger partial charge on any atom is -0.395 e. The Morgan fingerprint density at radius 2 is 0.785 bits per heavy atom. The first-order valence-corrected chi connectivity index (χ1v) is 30.0. The quantitative estimate of drug-likeness (QED) is 0.0201. The zero-order valence-corrected chi connectivity index (χ0v) is 44.6. The Bertz CT molecular complexity index is 3910. The molecule has 79 heavy (non-hydrogen) atoms. The van der Waals surface area contributed by atoms with Gasteiger partial charge in [0.05, 0.1) is 52.5 Å². The van der Waals surface area contributed by atoms with Gasteiger partial charge in [-0.15, -0.1) is 0 Å². The van der Waals surface area contributed by atoms with Gasteiger partial charge in [0.15, 0.2) is 11.1 Å². The van der Waals surface area contributed by atoms with Gasteiger partial charge in [0.25, 0.3) is 50.6 Å². The lowest BCUT2D eigenvalue weighted by atomic mass is 10.1. The minimum absolute atomic E-state index is 0.163. The van der Waals surface area contributed by atoms with Crippen molar-refractivity contribution in [1.82, 2.24) is 29.9 Å². The molecule has 4 aromatic carbocycles. The Hall–Kier alpha value is -7.06. The van der Waals surface area contributed by atoms with Crippen LogP contribution in [0.3, 0.4) is 0 Å². The fourth-order valence-corrected chi connectivity index (χ4v) is 10.4. The van der Waals surface area contributed by atoms with Crippen molar-refractivity contribution >= 4 is 132 Å². The van der Waals surface area contributed by atoms with E-state index in [4.69, 9.17) is 0 Å². The maximum absolute atomic E-state index is 12.8. The number of benzene rings is 4. The number of nitrogens with zero attached hydrogens (tertiary/aromatic N) is 8. The zero-order valence-electron chi connectivity index (χ0n) is 39.7. The van der Waals surface area contributed by atoms with Crippen LogP contribution < -0.4 is 31.1 Å². The van der Waals surface area contributed by atoms with E-state index in [-0.39, 0.29) is 60.6 Å². The molecule has 0 aliphatic heterocycles. The van der Waals surface area contributed by atoms with E-state index in [0.29, 0.717) is 18.2 Å². The van der Waals surface area contributed by atoms with E-state index in [1.165, 1.54) is 21.9 Å². The average molecular weight is 1220 g/mol. The maximum atomic E-state index is 12.8. The largest absolute Gasteiger partial charge is 0.395 e. The Labute approximate surface area is 450 Å². The van der Waals surface area contributed by atoms with Crippen LogP contribution in [0.5, 0.6) is 0 Å². The molecule has 33 nitrogen and oxygen atoms in total. The highest BCUT2D eigenvalue weighted by Crippen LogP contribution is 2.32. The fourth-order valence-electron chi connectivity index (χ4n) is 6.88. The van der Waals surface area contributed by atoms with E-state index >= 15 is 0 Å². The molecule has 1 atom stereocenters. The lowest BCUT2D eigenvalue weighted by molar-refractivity contribution is 0.279. The highest BCUT2D eigenvalue weighted by Gasteiger charge is 2.25. The van der Waals surface area contributed by atoms with E-state index in [0.717, 1.165) is 54.6 Å². The van der Waals surface area contributed by atoms with Crippen molar-refractivity contribution < 1.29 is 94.0 Å². The number of rotatable bonds is 26. The summed E-state index contributed by atoms with van der Waals surface area (Å²) in [7, 11) is -25.2. The number of anilines is 10. The second kappa shape index (κ2) is 24.9. The number of aromatic nitrogens is 6. The van der Waals surface area contributed by atoms with Crippen LogP contribution in [0.2, 0.25) is 0 Å². The van der Waals surface area contributed by atoms with Crippen molar-refractivity contribution in [2.45, 2.75) is 29.4 Å². The number of hydrogen-bond acceptors (Lipinski definition) is 27. The molecule has 0 amide bonds. The zero-order chi connectivity index (χ0) is 58.3. The molecule has 2 heterocycles. The summed E-state index contributed by atoms with van der Waals surface area (Å²) in [4.78, 5) is 23.0. The molecule has 2 aromatic heterocycles. The first kappa shape index (κ1) is 61.2. The summed E-state index contributed by atoms with van der Waals surface area (Å²) < 4.78 is 195. The van der Waals surface area contributed by atoms with E-state index in [9.17, 15) is 94.0 Å². The van der Waals surface area contributed by atoms with Gasteiger partial charge >= 0.3 is 0 Å². The summed E-state index contributed by atoms with van der Waals surface area (Å²) in [6, 6.07) is 10.9. The highest BCUT2D eigenvalue weighted by atomic mass is 32.2. The summed E-state index contributed by atoms with van der Waals surface area (Å²) in [5, 5.41) is 49.0. The van der Waals surface area contributed by atoms with Gasteiger partial charge in [-0.3, -0.25) is 22.8 Å². The second-order valence-electron chi connectivity index (χ2n) is 15.7. The molecule has 39 heteroatoms. The van der Waals surface area contributed by atoms with Crippen LogP contribution >= 0.6 is 0 Å². The SMILES string of the molecule is O=S(O)c1ccc(S(=O)(=O)O)cc1Nc1nc(Nc2ccc(/C=C/c3ccc(Nc4nc(Nc5cc(S(=O)(=O)O)ccc5S(=O)(=O)O)nc(N(CCO)CCO)n4)cc3S(=O)(=O)O)c(S(=O)(=O)O)c2)nc(N(CCO)CCO)n1. The van der Waals surface area contributed by atoms with E-state index in [2.05, 4.69) is 51.2 Å². The number of aliphatic hydroxyl groups excluding tert-OH is 4. The molecule has 0 fully saturated rings. The molecule has 6 rings (SSSR count). The molecule has 14 N–H and O–H groups in total. The van der Waals surface area contributed by atoms with Crippen molar-refractivity contribution in [2.24, 2.45) is 0 Å². The summed E-state index contributed by atoms with van der Waals surface area (Å²) >= 11 is -2.76. The molecule has 0 saturated heterocycles. The predicted molar refractivity (Wildman–Crippen MR) is 278 cm³/mol. The van der Waals surface area contributed by atoms with Gasteiger partial charge in [-0.2, -0.15) is 72.0 Å². The third-order valence-electron chi connectivity index (χ3n) is 10.3. The van der Waals surface area contributed by atoms with E-state index in [1.54, 1.807) is 0 Å². The molecular formula is C40H44N12O21S6. The van der Waals surface area contributed by atoms with Gasteiger partial charge in [0, 0.05) is 37.6 Å². The van der Waals surface area contributed by atoms with Gasteiger partial charge in [0.2, 0.25) is 35.7 Å². The smallest absolute Gasteiger partial charge is 0.296 e. The lowest BCUT2D eigenvalue weighted by Gasteiger charge is -2.22. The Balaban J connectivity index is 1.37. The number of hydrogen-bond donors (Lipinski definition) is 14. The van der Waals surface area contributed by atoms with Crippen molar-refractivity contribution in [3.05, 3.63) is 83.9 Å². The molecular weight excluding hydrogens is 1180 g/mol. The van der Waals surface area contributed by atoms with Crippen LogP contribution in [0.15, 0.2) is 102 Å². The van der Waals surface area contributed by atoms with Crippen LogP contribution in [0.1, 0.15) is 11.1 Å². The number of aliphatic hydroxyl groups is 4. The molecule has 0 radical (unpaired) electrons. The van der Waals surface area contributed by atoms with Crippen molar-refractivity contribution in [3.8, 4) is 0 Å². The normalized spacial score (nSPS) is 12.8. The van der Waals surface area contributed by atoms with Crippen molar-refractivity contribution in [2.75, 3.05) is 83.7 Å². The highest BCUT2D eigenvalue weighted by molar-refractivity contribution is 7.87. The minimum atomic E-state index is -5.18. The fraction of sp³-hybridized carbons (Fsp3) is 0.200. The molecule has 1 unspecified atom stereocenters. The molecule has 426 valence electrons. The molecule has 0 aliphatic rings. The standard InChI is InChI=1S/C40H44N12O21S6/c53-15-11-51(12-16-54)39-47-35(45-37(49-39)43-29-21-27(75(59,60)61)7-9-31(29)74(57)58)41-25-5-3-23(33(19-25)78(68,69)70)1-2-24-4-6-26(20-34(24)79(71,72)73)42-36-46-38(50-40(48-36)52(13-17-55)14-18-56)44-30-22-28(76(62,63)64)8-10-32(30)77(65,66)67/h1-10,19-22,53-56H,11-18H2,(H,57,58)(H,59,60,61)(H,62,63,64)(H,65,66,67)(H,68,69,70)(H,71,72,73)(H2,41,43,45,47,49)(H2,42,44,46,48,50)/b2-1+. The summed E-state index contributed by atoms with van der Waals surface area (Å²) in [6.45, 7) is -2.83. The third kappa shape index (κ3) is 16.3. The van der Waals surface area contributed by atoms with Crippen LogP contribution in [0.25, 0.3) is 12.2 Å². The van der Waals surface area contributed by atoms with E-state index in [1.807, 2.05) is 0 Å². The Kier molecular flexibility index (Phi) is 19.3. The summed E-state index contributed by atoms with van der Waals surface area (Å²) in [5.74, 6) is -2.59. The Morgan fingerprint density at radius 3 is 1.14 bits per heavy atom. The monoisotopic (exact) mass is 1220 g/mol. The first-order chi connectivity index (χ1) is 36.9. The molecule has 0 bridgehead atoms. The van der Waals surface area contributed by atoms with Gasteiger partial charge in [-0.05, 0) is 71.8 Å². The van der Waals surface area contributed by atoms with Gasteiger partial charge < -0.3 is 56.0 Å². The Morgan fingerprint density at radius 1 is 0.430 bits per heavy atom. The van der Waals surface area contributed by atoms with Crippen LogP contribution in [-0.4, -0.2) is 177 Å². The van der Waals surface area contributed by atoms with Crippen LogP contribution in [0, 0.1) is 0 Å². The first-order valence-electron chi connectivity index (χ1n) is 21.7. The molecule has 0 aliphatic carbocycles. The van der Waals surface area contributed by atoms with E-state index < -0.39 is 153 Å². The molecule has 6 aromatic rings. The van der Waals surface area contributed by atoms with Crippen LogP contribution in [0.4, 0.5) is 58.4 Å². The molecule has 0 saturated carbocycles. The number of nitrogens with one attached hydrogen (secondary N) is 4. The third-order valence-corrected chi connectivity index (χ3v) is 15.4. The maximum Gasteiger partial charge on any atom is 0.296 e. The lowest BCUT2D eigenvalue weighted by Crippen LogP contribution is -2.31. The second-order valence-corrected chi connectivity index (χ2v) is 23.7. The predicted octanol–water partition coefficient (Wildman–Crippen LogP) is 0.598. The summed E-state index contributed by atoms with van der Waals surface area (Å²) in [5.41, 5.74) is -2.03. The van der Waals surface area contributed by atoms with Crippen molar-refractivity contribution in [1.29, 1.82) is 0 Å². The van der Waals surface area contributed by atoms with Crippen LogP contribution in [-0.2, 0) is 61.7 Å².